The van der Waals surface area contributed by atoms with E-state index in [1.54, 1.807) is 30.3 Å². The highest BCUT2D eigenvalue weighted by Crippen LogP contribution is 2.40. The van der Waals surface area contributed by atoms with Crippen LogP contribution in [0.3, 0.4) is 0 Å². The first kappa shape index (κ1) is 22.6. The number of hydrogen-bond donors (Lipinski definition) is 2. The lowest BCUT2D eigenvalue weighted by atomic mass is 10.1. The van der Waals surface area contributed by atoms with Gasteiger partial charge in [0.15, 0.2) is 5.69 Å². The predicted molar refractivity (Wildman–Crippen MR) is 118 cm³/mol. The third-order valence-corrected chi connectivity index (χ3v) is 5.80. The van der Waals surface area contributed by atoms with Crippen LogP contribution in [0, 0.1) is 6.92 Å². The summed E-state index contributed by atoms with van der Waals surface area (Å²) >= 11 is 0. The zero-order valence-electron chi connectivity index (χ0n) is 18.4. The summed E-state index contributed by atoms with van der Waals surface area (Å²) in [7, 11) is 0. The molecule has 0 atom stereocenters. The molecule has 0 spiro atoms. The van der Waals surface area contributed by atoms with Crippen LogP contribution in [0.4, 0.5) is 18.9 Å². The van der Waals surface area contributed by atoms with Crippen molar-refractivity contribution in [1.82, 2.24) is 19.9 Å². The molecule has 0 aliphatic heterocycles. The van der Waals surface area contributed by atoms with E-state index in [2.05, 4.69) is 20.6 Å². The van der Waals surface area contributed by atoms with Gasteiger partial charge < -0.3 is 15.6 Å². The number of rotatable bonds is 6. The van der Waals surface area contributed by atoms with Crippen LogP contribution in [0.5, 0.6) is 0 Å². The quantitative estimate of drug-likeness (QED) is 0.425. The van der Waals surface area contributed by atoms with Crippen LogP contribution in [0.2, 0.25) is 0 Å². The number of para-hydroxylation sites is 1. The number of anilines is 1. The first-order valence-corrected chi connectivity index (χ1v) is 10.7. The molecular formula is C23H19F3N6O3. The van der Waals surface area contributed by atoms with Crippen LogP contribution in [-0.2, 0) is 12.7 Å². The molecule has 0 radical (unpaired) electrons. The summed E-state index contributed by atoms with van der Waals surface area (Å²) in [6.07, 6.45) is -2.86. The van der Waals surface area contributed by atoms with Crippen molar-refractivity contribution >= 4 is 28.4 Å². The van der Waals surface area contributed by atoms with Gasteiger partial charge in [0.05, 0.1) is 29.0 Å². The molecule has 0 saturated heterocycles. The third kappa shape index (κ3) is 4.34. The molecule has 35 heavy (non-hydrogen) atoms. The minimum Gasteiger partial charge on any atom is -0.366 e. The zero-order valence-corrected chi connectivity index (χ0v) is 18.4. The fourth-order valence-electron chi connectivity index (χ4n) is 3.84. The molecule has 1 fully saturated rings. The zero-order chi connectivity index (χ0) is 24.9. The highest BCUT2D eigenvalue weighted by molar-refractivity contribution is 6.10. The normalized spacial score (nSPS) is 13.8. The van der Waals surface area contributed by atoms with Gasteiger partial charge in [-0.1, -0.05) is 23.4 Å². The molecule has 2 amide bonds. The predicted octanol–water partition coefficient (Wildman–Crippen LogP) is 4.02. The van der Waals surface area contributed by atoms with E-state index in [1.807, 2.05) is 0 Å². The molecule has 1 aliphatic rings. The lowest BCUT2D eigenvalue weighted by Gasteiger charge is -2.10. The van der Waals surface area contributed by atoms with Crippen LogP contribution in [0.25, 0.3) is 10.9 Å². The van der Waals surface area contributed by atoms with Gasteiger partial charge in [0.1, 0.15) is 17.1 Å². The molecule has 0 bridgehead atoms. The van der Waals surface area contributed by atoms with E-state index >= 15 is 0 Å². The maximum atomic E-state index is 13.8. The van der Waals surface area contributed by atoms with Crippen LogP contribution < -0.4 is 11.1 Å². The number of nitrogens with two attached hydrogens (primary N) is 1. The number of amides is 2. The Bertz CT molecular complexity index is 1470. The number of carbonyl (C=O) groups is 2. The summed E-state index contributed by atoms with van der Waals surface area (Å²) in [6.45, 7) is 1.34. The van der Waals surface area contributed by atoms with Crippen LogP contribution in [0.1, 0.15) is 62.4 Å². The Kier molecular flexibility index (Phi) is 5.30. The summed E-state index contributed by atoms with van der Waals surface area (Å²) in [6, 6.07) is 9.36. The fraction of sp³-hybridized carbons (Fsp3) is 0.261. The molecule has 3 N–H and O–H groups in total. The molecule has 3 heterocycles. The van der Waals surface area contributed by atoms with Gasteiger partial charge >= 0.3 is 6.18 Å². The van der Waals surface area contributed by atoms with Crippen molar-refractivity contribution in [2.75, 3.05) is 5.32 Å². The first-order valence-electron chi connectivity index (χ1n) is 10.7. The van der Waals surface area contributed by atoms with Crippen LogP contribution in [-0.4, -0.2) is 31.7 Å². The van der Waals surface area contributed by atoms with Gasteiger partial charge in [-0.25, -0.2) is 4.98 Å². The fourth-order valence-corrected chi connectivity index (χ4v) is 3.84. The lowest BCUT2D eigenvalue weighted by Crippen LogP contribution is -2.19. The van der Waals surface area contributed by atoms with Crippen molar-refractivity contribution in [2.45, 2.75) is 38.4 Å². The molecule has 180 valence electrons. The summed E-state index contributed by atoms with van der Waals surface area (Å²) in [5, 5.41) is 10.3. The summed E-state index contributed by atoms with van der Waals surface area (Å²) in [5.74, 6) is -0.739. The Morgan fingerprint density at radius 2 is 1.97 bits per heavy atom. The van der Waals surface area contributed by atoms with Gasteiger partial charge in [-0.05, 0) is 31.9 Å². The second-order valence-corrected chi connectivity index (χ2v) is 8.35. The number of alkyl halides is 3. The largest absolute Gasteiger partial charge is 0.437 e. The molecular weight excluding hydrogens is 465 g/mol. The topological polar surface area (TPSA) is 129 Å². The molecule has 0 unspecified atom stereocenters. The van der Waals surface area contributed by atoms with E-state index < -0.39 is 29.4 Å². The van der Waals surface area contributed by atoms with Crippen molar-refractivity contribution in [3.8, 4) is 0 Å². The SMILES string of the molecule is Cc1c(NC(=O)c2cc(C(N)=O)c3ccccc3n2)c(C(F)(F)F)nn1Cc1cc(C2CC2)on1. The Balaban J connectivity index is 1.49. The van der Waals surface area contributed by atoms with E-state index in [1.165, 1.54) is 6.92 Å². The van der Waals surface area contributed by atoms with Crippen LogP contribution >= 0.6 is 0 Å². The van der Waals surface area contributed by atoms with Gasteiger partial charge in [0.2, 0.25) is 5.91 Å². The molecule has 4 aromatic rings. The second kappa shape index (κ2) is 8.22. The Morgan fingerprint density at radius 3 is 2.66 bits per heavy atom. The number of pyridine rings is 1. The van der Waals surface area contributed by atoms with Crippen molar-refractivity contribution in [1.29, 1.82) is 0 Å². The second-order valence-electron chi connectivity index (χ2n) is 8.35. The number of hydrogen-bond acceptors (Lipinski definition) is 6. The number of nitrogens with zero attached hydrogens (tertiary/aromatic N) is 4. The number of benzene rings is 1. The maximum Gasteiger partial charge on any atom is 0.437 e. The average molecular weight is 484 g/mol. The summed E-state index contributed by atoms with van der Waals surface area (Å²) < 4.78 is 47.7. The van der Waals surface area contributed by atoms with Gasteiger partial charge in [0.25, 0.3) is 5.91 Å². The molecule has 9 nitrogen and oxygen atoms in total. The van der Waals surface area contributed by atoms with Gasteiger partial charge in [-0.3, -0.25) is 14.3 Å². The van der Waals surface area contributed by atoms with Crippen molar-refractivity contribution in [3.63, 3.8) is 0 Å². The van der Waals surface area contributed by atoms with Crippen molar-refractivity contribution in [3.05, 3.63) is 70.5 Å². The number of aromatic nitrogens is 4. The van der Waals surface area contributed by atoms with Gasteiger partial charge in [-0.2, -0.15) is 18.3 Å². The standard InChI is InChI=1S/C23H19F3N6O3/c1-11-19(29-22(34)17-9-15(21(27)33)14-4-2-3-5-16(14)28-17)20(23(24,25)26)30-32(11)10-13-8-18(35-31-13)12-6-7-12/h2-5,8-9,12H,6-7,10H2,1H3,(H2,27,33)(H,29,34). The maximum absolute atomic E-state index is 13.8. The molecule has 5 rings (SSSR count). The Labute approximate surface area is 196 Å². The van der Waals surface area contributed by atoms with E-state index in [0.29, 0.717) is 28.3 Å². The average Bonchev–Trinajstić information content (AvgIpc) is 3.48. The van der Waals surface area contributed by atoms with Crippen molar-refractivity contribution in [2.24, 2.45) is 5.73 Å². The summed E-state index contributed by atoms with van der Waals surface area (Å²) in [5.41, 5.74) is 4.22. The number of halogens is 3. The smallest absolute Gasteiger partial charge is 0.366 e. The molecule has 1 aliphatic carbocycles. The highest BCUT2D eigenvalue weighted by Gasteiger charge is 2.39. The molecule has 1 saturated carbocycles. The van der Waals surface area contributed by atoms with Crippen molar-refractivity contribution < 1.29 is 27.3 Å². The highest BCUT2D eigenvalue weighted by atomic mass is 19.4. The Hall–Kier alpha value is -4.22. The molecule has 1 aromatic carbocycles. The monoisotopic (exact) mass is 484 g/mol. The van der Waals surface area contributed by atoms with E-state index in [9.17, 15) is 22.8 Å². The Morgan fingerprint density at radius 1 is 1.23 bits per heavy atom. The van der Waals surface area contributed by atoms with E-state index in [-0.39, 0.29) is 23.5 Å². The number of carbonyl (C=O) groups excluding carboxylic acids is 2. The number of nitrogens with one attached hydrogen (secondary N) is 1. The minimum atomic E-state index is -4.84. The minimum absolute atomic E-state index is 0.0294. The van der Waals surface area contributed by atoms with Gasteiger partial charge in [0, 0.05) is 17.4 Å². The molecule has 12 heteroatoms. The van der Waals surface area contributed by atoms with E-state index in [4.69, 9.17) is 10.3 Å². The lowest BCUT2D eigenvalue weighted by molar-refractivity contribution is -0.140. The first-order chi connectivity index (χ1) is 16.6. The number of primary amides is 1. The third-order valence-electron chi connectivity index (χ3n) is 5.80. The van der Waals surface area contributed by atoms with Gasteiger partial charge in [-0.15, -0.1) is 0 Å². The van der Waals surface area contributed by atoms with E-state index in [0.717, 1.165) is 23.6 Å². The van der Waals surface area contributed by atoms with Crippen LogP contribution in [0.15, 0.2) is 40.9 Å². The summed E-state index contributed by atoms with van der Waals surface area (Å²) in [4.78, 5) is 29.0. The number of fused-ring (bicyclic) bond motifs is 1. The molecule has 3 aromatic heterocycles.